The van der Waals surface area contributed by atoms with E-state index in [1.165, 1.54) is 5.54 Å². The fourth-order valence-electron chi connectivity index (χ4n) is 0.749. The molecular formula is C8H8Cl2N+. The zero-order valence-corrected chi connectivity index (χ0v) is 7.39. The van der Waals surface area contributed by atoms with E-state index in [1.54, 1.807) is 0 Å². The van der Waals surface area contributed by atoms with Gasteiger partial charge in [0.2, 0.25) is 0 Å². The molecule has 0 atom stereocenters. The summed E-state index contributed by atoms with van der Waals surface area (Å²) in [6, 6.07) is 5.84. The minimum Gasteiger partial charge on any atom is -0.200 e. The molecule has 0 spiro atoms. The Hall–Kier alpha value is -0.530. The van der Waals surface area contributed by atoms with Crippen molar-refractivity contribution in [3.8, 4) is 0 Å². The fraction of sp³-hybridized carbons (Fsp3) is 0.125. The lowest BCUT2D eigenvalue weighted by Gasteiger charge is -1.91. The average Bonchev–Trinajstić information content (AvgIpc) is 2.06. The quantitative estimate of drug-likeness (QED) is 0.628. The van der Waals surface area contributed by atoms with Crippen LogP contribution in [0.15, 0.2) is 41.2 Å². The standard InChI is InChI=1S/C8H8Cl2N/c9-6-8(10)7-11-4-2-1-3-5-11/h1-6H,7H2/q+1/b8-6-. The van der Waals surface area contributed by atoms with Gasteiger partial charge in [0.25, 0.3) is 0 Å². The van der Waals surface area contributed by atoms with E-state index in [0.717, 1.165) is 0 Å². The Morgan fingerprint density at radius 2 is 1.91 bits per heavy atom. The van der Waals surface area contributed by atoms with E-state index in [2.05, 4.69) is 0 Å². The highest BCUT2D eigenvalue weighted by Gasteiger charge is 1.99. The number of hydrogen-bond donors (Lipinski definition) is 0. The maximum Gasteiger partial charge on any atom is 0.185 e. The number of aromatic nitrogens is 1. The van der Waals surface area contributed by atoms with Crippen LogP contribution in [0, 0.1) is 0 Å². The van der Waals surface area contributed by atoms with Crippen LogP contribution in [0.3, 0.4) is 0 Å². The molecule has 0 bridgehead atoms. The second kappa shape index (κ2) is 4.37. The van der Waals surface area contributed by atoms with Crippen LogP contribution in [0.5, 0.6) is 0 Å². The minimum atomic E-state index is 0.628. The Kier molecular flexibility index (Phi) is 3.40. The summed E-state index contributed by atoms with van der Waals surface area (Å²) in [4.78, 5) is 0. The van der Waals surface area contributed by atoms with Crippen LogP contribution in [-0.2, 0) is 6.54 Å². The molecule has 0 saturated carbocycles. The Labute approximate surface area is 75.9 Å². The van der Waals surface area contributed by atoms with Crippen molar-refractivity contribution in [1.82, 2.24) is 0 Å². The van der Waals surface area contributed by atoms with Crippen molar-refractivity contribution in [2.45, 2.75) is 6.54 Å². The molecule has 0 aliphatic heterocycles. The average molecular weight is 189 g/mol. The molecule has 1 nitrogen and oxygen atoms in total. The van der Waals surface area contributed by atoms with Crippen LogP contribution >= 0.6 is 23.2 Å². The third kappa shape index (κ3) is 2.91. The second-order valence-electron chi connectivity index (χ2n) is 2.10. The number of nitrogens with zero attached hydrogens (tertiary/aromatic N) is 1. The Balaban J connectivity index is 2.65. The van der Waals surface area contributed by atoms with Gasteiger partial charge in [-0.25, -0.2) is 0 Å². The molecule has 1 aromatic rings. The Morgan fingerprint density at radius 3 is 2.45 bits per heavy atom. The number of halogens is 2. The molecule has 0 saturated heterocycles. The predicted octanol–water partition coefficient (Wildman–Crippen LogP) is 2.29. The van der Waals surface area contributed by atoms with Gasteiger partial charge < -0.3 is 0 Å². The second-order valence-corrected chi connectivity index (χ2v) is 2.81. The van der Waals surface area contributed by atoms with E-state index in [-0.39, 0.29) is 0 Å². The molecule has 0 aliphatic rings. The van der Waals surface area contributed by atoms with Crippen molar-refractivity contribution in [3.63, 3.8) is 0 Å². The molecule has 11 heavy (non-hydrogen) atoms. The normalized spacial score (nSPS) is 11.6. The zero-order valence-electron chi connectivity index (χ0n) is 5.87. The summed E-state index contributed by atoms with van der Waals surface area (Å²) in [5.41, 5.74) is 1.38. The van der Waals surface area contributed by atoms with Crippen LogP contribution < -0.4 is 4.57 Å². The lowest BCUT2D eigenvalue weighted by atomic mass is 10.5. The monoisotopic (exact) mass is 188 g/mol. The Bertz CT molecular complexity index is 244. The SMILES string of the molecule is Cl/C=C(\Cl)C[n+]1ccccc1. The van der Waals surface area contributed by atoms with Gasteiger partial charge in [-0.15, -0.1) is 0 Å². The van der Waals surface area contributed by atoms with Gasteiger partial charge in [0, 0.05) is 17.7 Å². The third-order valence-corrected chi connectivity index (χ3v) is 1.83. The molecule has 58 valence electrons. The molecule has 0 unspecified atom stereocenters. The van der Waals surface area contributed by atoms with Gasteiger partial charge in [-0.05, 0) is 0 Å². The summed E-state index contributed by atoms with van der Waals surface area (Å²) < 4.78 is 1.95. The first kappa shape index (κ1) is 8.57. The highest BCUT2D eigenvalue weighted by molar-refractivity contribution is 6.36. The van der Waals surface area contributed by atoms with Crippen molar-refractivity contribution >= 4 is 23.2 Å². The number of pyridine rings is 1. The Morgan fingerprint density at radius 1 is 1.27 bits per heavy atom. The van der Waals surface area contributed by atoms with E-state index in [9.17, 15) is 0 Å². The van der Waals surface area contributed by atoms with Gasteiger partial charge in [0.1, 0.15) is 0 Å². The van der Waals surface area contributed by atoms with Crippen molar-refractivity contribution < 1.29 is 4.57 Å². The lowest BCUT2D eigenvalue weighted by Crippen LogP contribution is -2.32. The summed E-state index contributed by atoms with van der Waals surface area (Å²) in [6.07, 6.45) is 3.87. The van der Waals surface area contributed by atoms with Crippen LogP contribution in [0.2, 0.25) is 0 Å². The van der Waals surface area contributed by atoms with Crippen molar-refractivity contribution in [2.24, 2.45) is 0 Å². The zero-order chi connectivity index (χ0) is 8.10. The topological polar surface area (TPSA) is 3.88 Å². The van der Waals surface area contributed by atoms with Crippen molar-refractivity contribution in [1.29, 1.82) is 0 Å². The van der Waals surface area contributed by atoms with Crippen LogP contribution in [0.4, 0.5) is 0 Å². The molecule has 0 amide bonds. The van der Waals surface area contributed by atoms with Crippen molar-refractivity contribution in [3.05, 3.63) is 41.2 Å². The first-order chi connectivity index (χ1) is 5.33. The van der Waals surface area contributed by atoms with Crippen LogP contribution in [-0.4, -0.2) is 0 Å². The number of allylic oxidation sites excluding steroid dienone is 1. The molecular weight excluding hydrogens is 181 g/mol. The lowest BCUT2D eigenvalue weighted by molar-refractivity contribution is -0.687. The van der Waals surface area contributed by atoms with Crippen LogP contribution in [0.25, 0.3) is 0 Å². The molecule has 0 aliphatic carbocycles. The number of hydrogen-bond acceptors (Lipinski definition) is 0. The summed E-state index contributed by atoms with van der Waals surface area (Å²) in [7, 11) is 0. The molecule has 1 heterocycles. The molecule has 3 heteroatoms. The van der Waals surface area contributed by atoms with E-state index in [4.69, 9.17) is 23.2 Å². The van der Waals surface area contributed by atoms with Gasteiger partial charge in [-0.2, -0.15) is 4.57 Å². The highest BCUT2D eigenvalue weighted by Crippen LogP contribution is 2.01. The molecule has 0 radical (unpaired) electrons. The largest absolute Gasteiger partial charge is 0.200 e. The summed E-state index contributed by atoms with van der Waals surface area (Å²) in [6.45, 7) is 0.631. The molecule has 0 aromatic carbocycles. The van der Waals surface area contributed by atoms with Gasteiger partial charge in [0.05, 0.1) is 5.03 Å². The van der Waals surface area contributed by atoms with Gasteiger partial charge in [-0.1, -0.05) is 29.3 Å². The smallest absolute Gasteiger partial charge is 0.185 e. The summed E-state index contributed by atoms with van der Waals surface area (Å²) in [5, 5.41) is 0.628. The van der Waals surface area contributed by atoms with Crippen molar-refractivity contribution in [2.75, 3.05) is 0 Å². The van der Waals surface area contributed by atoms with E-state index in [1.807, 2.05) is 35.2 Å². The number of rotatable bonds is 2. The molecule has 1 rings (SSSR count). The third-order valence-electron chi connectivity index (χ3n) is 1.23. The maximum atomic E-state index is 5.71. The molecule has 1 aromatic heterocycles. The molecule has 0 N–H and O–H groups in total. The summed E-state index contributed by atoms with van der Waals surface area (Å²) in [5.74, 6) is 0. The van der Waals surface area contributed by atoms with E-state index in [0.29, 0.717) is 11.6 Å². The first-order valence-corrected chi connectivity index (χ1v) is 4.03. The predicted molar refractivity (Wildman–Crippen MR) is 46.4 cm³/mol. The fourth-order valence-corrected chi connectivity index (χ4v) is 0.956. The minimum absolute atomic E-state index is 0.628. The first-order valence-electron chi connectivity index (χ1n) is 3.22. The highest BCUT2D eigenvalue weighted by atomic mass is 35.5. The van der Waals surface area contributed by atoms with Crippen LogP contribution in [0.1, 0.15) is 0 Å². The van der Waals surface area contributed by atoms with Gasteiger partial charge in [0.15, 0.2) is 18.9 Å². The maximum absolute atomic E-state index is 5.71. The summed E-state index contributed by atoms with van der Waals surface area (Å²) >= 11 is 11.1. The molecule has 0 fully saturated rings. The van der Waals surface area contributed by atoms with Gasteiger partial charge in [-0.3, -0.25) is 0 Å². The van der Waals surface area contributed by atoms with E-state index < -0.39 is 0 Å². The van der Waals surface area contributed by atoms with Gasteiger partial charge >= 0.3 is 0 Å². The van der Waals surface area contributed by atoms with E-state index >= 15 is 0 Å².